The molecule has 3 atom stereocenters. The Labute approximate surface area is 81.0 Å². The third-order valence-corrected chi connectivity index (χ3v) is 1.57. The minimum atomic E-state index is -0.525. The molecule has 0 aromatic carbocycles. The Morgan fingerprint density at radius 1 is 1.46 bits per heavy atom. The molecule has 1 aliphatic heterocycles. The lowest BCUT2D eigenvalue weighted by molar-refractivity contribution is -0.242. The number of ether oxygens (including phenoxy) is 2. The van der Waals surface area contributed by atoms with Crippen LogP contribution in [0.3, 0.4) is 0 Å². The van der Waals surface area contributed by atoms with Gasteiger partial charge in [0.1, 0.15) is 6.10 Å². The standard InChI is InChI=1S/C7H14O3.C3H8/c1-5-3-4-9-7(10-5)6(2)8;1-3-2/h5-8H,3-4H2,1-2H3;3H2,1-2H3. The highest BCUT2D eigenvalue weighted by Gasteiger charge is 2.23. The van der Waals surface area contributed by atoms with E-state index in [4.69, 9.17) is 14.6 Å². The first-order valence-corrected chi connectivity index (χ1v) is 5.06. The lowest BCUT2D eigenvalue weighted by Gasteiger charge is -2.29. The Hall–Kier alpha value is -0.120. The average Bonchev–Trinajstić information content (AvgIpc) is 2.05. The van der Waals surface area contributed by atoms with Crippen molar-refractivity contribution in [2.24, 2.45) is 0 Å². The van der Waals surface area contributed by atoms with Crippen LogP contribution >= 0.6 is 0 Å². The van der Waals surface area contributed by atoms with Crippen LogP contribution in [-0.2, 0) is 9.47 Å². The van der Waals surface area contributed by atoms with Gasteiger partial charge in [-0.25, -0.2) is 0 Å². The van der Waals surface area contributed by atoms with Crippen LogP contribution in [0.2, 0.25) is 0 Å². The van der Waals surface area contributed by atoms with E-state index < -0.39 is 12.4 Å². The van der Waals surface area contributed by atoms with Crippen LogP contribution in [0.15, 0.2) is 0 Å². The average molecular weight is 190 g/mol. The zero-order chi connectivity index (χ0) is 10.3. The number of hydrogen-bond acceptors (Lipinski definition) is 3. The van der Waals surface area contributed by atoms with Crippen molar-refractivity contribution in [1.29, 1.82) is 0 Å². The number of rotatable bonds is 1. The van der Waals surface area contributed by atoms with E-state index in [0.29, 0.717) is 6.61 Å². The monoisotopic (exact) mass is 190 g/mol. The van der Waals surface area contributed by atoms with Crippen LogP contribution in [-0.4, -0.2) is 30.2 Å². The van der Waals surface area contributed by atoms with Crippen LogP contribution < -0.4 is 0 Å². The van der Waals surface area contributed by atoms with E-state index in [2.05, 4.69) is 13.8 Å². The molecule has 1 rings (SSSR count). The van der Waals surface area contributed by atoms with Gasteiger partial charge in [-0.2, -0.15) is 0 Å². The maximum absolute atomic E-state index is 9.04. The van der Waals surface area contributed by atoms with Crippen molar-refractivity contribution in [2.45, 2.75) is 59.0 Å². The van der Waals surface area contributed by atoms with Crippen molar-refractivity contribution in [1.82, 2.24) is 0 Å². The maximum atomic E-state index is 9.04. The smallest absolute Gasteiger partial charge is 0.183 e. The molecule has 0 radical (unpaired) electrons. The molecule has 1 heterocycles. The molecule has 1 aliphatic rings. The third-order valence-electron chi connectivity index (χ3n) is 1.57. The maximum Gasteiger partial charge on any atom is 0.183 e. The van der Waals surface area contributed by atoms with Crippen LogP contribution in [0.4, 0.5) is 0 Å². The summed E-state index contributed by atoms with van der Waals surface area (Å²) in [4.78, 5) is 0. The van der Waals surface area contributed by atoms with Crippen molar-refractivity contribution in [3.63, 3.8) is 0 Å². The van der Waals surface area contributed by atoms with Gasteiger partial charge in [0.15, 0.2) is 6.29 Å². The van der Waals surface area contributed by atoms with Crippen LogP contribution in [0.1, 0.15) is 40.5 Å². The first kappa shape index (κ1) is 12.9. The number of aliphatic hydroxyl groups is 1. The van der Waals surface area contributed by atoms with Gasteiger partial charge < -0.3 is 14.6 Å². The van der Waals surface area contributed by atoms with Crippen molar-refractivity contribution >= 4 is 0 Å². The summed E-state index contributed by atoms with van der Waals surface area (Å²) in [5.74, 6) is 0. The van der Waals surface area contributed by atoms with E-state index in [1.54, 1.807) is 6.92 Å². The first-order valence-electron chi connectivity index (χ1n) is 5.06. The summed E-state index contributed by atoms with van der Waals surface area (Å²) in [6.45, 7) is 8.59. The Morgan fingerprint density at radius 3 is 2.31 bits per heavy atom. The summed E-state index contributed by atoms with van der Waals surface area (Å²) in [5, 5.41) is 9.04. The van der Waals surface area contributed by atoms with Gasteiger partial charge in [-0.05, 0) is 20.3 Å². The lowest BCUT2D eigenvalue weighted by atomic mass is 10.2. The molecule has 1 saturated heterocycles. The highest BCUT2D eigenvalue weighted by atomic mass is 16.7. The van der Waals surface area contributed by atoms with Crippen molar-refractivity contribution in [2.75, 3.05) is 6.61 Å². The lowest BCUT2D eigenvalue weighted by Crippen LogP contribution is -2.37. The SMILES string of the molecule is CC1CCOC(C(C)O)O1.CCC. The van der Waals surface area contributed by atoms with E-state index in [-0.39, 0.29) is 6.10 Å². The zero-order valence-electron chi connectivity index (χ0n) is 9.12. The van der Waals surface area contributed by atoms with E-state index in [0.717, 1.165) is 6.42 Å². The molecule has 0 amide bonds. The molecule has 13 heavy (non-hydrogen) atoms. The predicted molar refractivity (Wildman–Crippen MR) is 52.5 cm³/mol. The van der Waals surface area contributed by atoms with Crippen molar-refractivity contribution in [3.8, 4) is 0 Å². The third kappa shape index (κ3) is 6.02. The predicted octanol–water partition coefficient (Wildman–Crippen LogP) is 1.93. The summed E-state index contributed by atoms with van der Waals surface area (Å²) in [6.07, 6.45) is 1.45. The molecule has 1 N–H and O–H groups in total. The Morgan fingerprint density at radius 2 is 2.00 bits per heavy atom. The second kappa shape index (κ2) is 7.30. The molecular weight excluding hydrogens is 168 g/mol. The van der Waals surface area contributed by atoms with Crippen LogP contribution in [0.5, 0.6) is 0 Å². The fourth-order valence-electron chi connectivity index (χ4n) is 0.939. The van der Waals surface area contributed by atoms with Crippen molar-refractivity contribution < 1.29 is 14.6 Å². The topological polar surface area (TPSA) is 38.7 Å². The van der Waals surface area contributed by atoms with Gasteiger partial charge in [0, 0.05) is 0 Å². The Balaban J connectivity index is 0.000000424. The summed E-state index contributed by atoms with van der Waals surface area (Å²) in [7, 11) is 0. The largest absolute Gasteiger partial charge is 0.388 e. The van der Waals surface area contributed by atoms with E-state index >= 15 is 0 Å². The minimum absolute atomic E-state index is 0.216. The molecule has 0 saturated carbocycles. The highest BCUT2D eigenvalue weighted by Crippen LogP contribution is 2.13. The fraction of sp³-hybridized carbons (Fsp3) is 1.00. The zero-order valence-corrected chi connectivity index (χ0v) is 9.12. The molecule has 0 bridgehead atoms. The summed E-state index contributed by atoms with van der Waals surface area (Å²) >= 11 is 0. The van der Waals surface area contributed by atoms with Gasteiger partial charge in [-0.15, -0.1) is 0 Å². The molecule has 3 nitrogen and oxygen atoms in total. The van der Waals surface area contributed by atoms with Gasteiger partial charge in [-0.3, -0.25) is 0 Å². The van der Waals surface area contributed by atoms with E-state index in [9.17, 15) is 0 Å². The minimum Gasteiger partial charge on any atom is -0.388 e. The Kier molecular flexibility index (Phi) is 7.23. The van der Waals surface area contributed by atoms with Gasteiger partial charge in [-0.1, -0.05) is 20.3 Å². The van der Waals surface area contributed by atoms with E-state index in [1.807, 2.05) is 6.92 Å². The molecule has 1 fully saturated rings. The molecule has 3 heteroatoms. The van der Waals surface area contributed by atoms with Crippen LogP contribution in [0.25, 0.3) is 0 Å². The summed E-state index contributed by atoms with van der Waals surface area (Å²) in [6, 6.07) is 0. The first-order chi connectivity index (χ1) is 6.11. The highest BCUT2D eigenvalue weighted by molar-refractivity contribution is 4.62. The molecule has 0 aromatic heterocycles. The van der Waals surface area contributed by atoms with Crippen LogP contribution in [0, 0.1) is 0 Å². The molecule has 3 unspecified atom stereocenters. The second-order valence-electron chi connectivity index (χ2n) is 3.42. The summed E-state index contributed by atoms with van der Waals surface area (Å²) in [5.41, 5.74) is 0. The Bertz CT molecular complexity index is 115. The quantitative estimate of drug-likeness (QED) is 0.686. The number of aliphatic hydroxyl groups excluding tert-OH is 1. The van der Waals surface area contributed by atoms with Gasteiger partial charge in [0.25, 0.3) is 0 Å². The van der Waals surface area contributed by atoms with E-state index in [1.165, 1.54) is 6.42 Å². The normalized spacial score (nSPS) is 30.2. The summed E-state index contributed by atoms with van der Waals surface area (Å²) < 4.78 is 10.4. The molecule has 0 aromatic rings. The van der Waals surface area contributed by atoms with Gasteiger partial charge >= 0.3 is 0 Å². The number of hydrogen-bond donors (Lipinski definition) is 1. The molecule has 80 valence electrons. The fourth-order valence-corrected chi connectivity index (χ4v) is 0.939. The molecular formula is C10H22O3. The van der Waals surface area contributed by atoms with Gasteiger partial charge in [0.05, 0.1) is 12.7 Å². The molecule has 0 aliphatic carbocycles. The van der Waals surface area contributed by atoms with Gasteiger partial charge in [0.2, 0.25) is 0 Å². The second-order valence-corrected chi connectivity index (χ2v) is 3.42. The van der Waals surface area contributed by atoms with Crippen molar-refractivity contribution in [3.05, 3.63) is 0 Å². The molecule has 0 spiro atoms.